The van der Waals surface area contributed by atoms with Crippen molar-refractivity contribution in [2.45, 2.75) is 33.3 Å². The number of carbonyl (C=O) groups excluding carboxylic acids is 2. The lowest BCUT2D eigenvalue weighted by molar-refractivity contribution is -0.122. The molecule has 2 amide bonds. The van der Waals surface area contributed by atoms with E-state index in [1.165, 1.54) is 18.1 Å². The maximum Gasteiger partial charge on any atom is 0.270 e. The largest absolute Gasteiger partial charge is 0.493 e. The van der Waals surface area contributed by atoms with Crippen molar-refractivity contribution >= 4 is 52.5 Å². The number of anilines is 1. The number of carbonyl (C=O) groups is 2. The molecule has 3 rings (SSSR count). The van der Waals surface area contributed by atoms with Gasteiger partial charge in [-0.15, -0.1) is 0 Å². The van der Waals surface area contributed by atoms with Gasteiger partial charge in [-0.1, -0.05) is 30.7 Å². The second-order valence-corrected chi connectivity index (χ2v) is 7.93. The highest BCUT2D eigenvalue weighted by Gasteiger charge is 2.34. The Hall–Kier alpha value is -2.90. The van der Waals surface area contributed by atoms with Crippen LogP contribution in [0.1, 0.15) is 31.4 Å². The van der Waals surface area contributed by atoms with Crippen LogP contribution in [0.15, 0.2) is 42.0 Å². The normalized spacial score (nSPS) is 16.4. The van der Waals surface area contributed by atoms with E-state index in [1.807, 2.05) is 20.8 Å². The quantitative estimate of drug-likeness (QED) is 0.387. The van der Waals surface area contributed by atoms with E-state index in [4.69, 9.17) is 33.3 Å². The highest BCUT2D eigenvalue weighted by atomic mass is 35.5. The molecular weight excluding hydrogens is 436 g/mol. The molecule has 1 aliphatic heterocycles. The van der Waals surface area contributed by atoms with Gasteiger partial charge in [0.25, 0.3) is 11.8 Å². The van der Waals surface area contributed by atoms with Gasteiger partial charge in [0.1, 0.15) is 5.57 Å². The molecule has 0 saturated carbocycles. The summed E-state index contributed by atoms with van der Waals surface area (Å²) in [6.07, 6.45) is 2.37. The van der Waals surface area contributed by atoms with E-state index in [-0.39, 0.29) is 16.8 Å². The van der Waals surface area contributed by atoms with Crippen LogP contribution in [0.3, 0.4) is 0 Å². The highest BCUT2D eigenvalue weighted by molar-refractivity contribution is 7.80. The summed E-state index contributed by atoms with van der Waals surface area (Å²) in [7, 11) is 1.54. The number of rotatable bonds is 6. The molecule has 2 aromatic carbocycles. The van der Waals surface area contributed by atoms with Crippen LogP contribution < -0.4 is 19.7 Å². The molecule has 0 aliphatic carbocycles. The number of hydrogen-bond donors (Lipinski definition) is 1. The van der Waals surface area contributed by atoms with Gasteiger partial charge < -0.3 is 9.47 Å². The van der Waals surface area contributed by atoms with Gasteiger partial charge in [-0.2, -0.15) is 0 Å². The molecule has 0 spiro atoms. The van der Waals surface area contributed by atoms with Crippen LogP contribution in [-0.2, 0) is 9.59 Å². The maximum atomic E-state index is 13.2. The second kappa shape index (κ2) is 9.49. The molecule has 162 valence electrons. The van der Waals surface area contributed by atoms with Crippen molar-refractivity contribution in [1.29, 1.82) is 0 Å². The third-order valence-corrected chi connectivity index (χ3v) is 5.61. The average molecular weight is 459 g/mol. The highest BCUT2D eigenvalue weighted by Crippen LogP contribution is 2.31. The van der Waals surface area contributed by atoms with E-state index in [1.54, 1.807) is 36.4 Å². The molecule has 1 atom stereocenters. The molecule has 1 N–H and O–H groups in total. The summed E-state index contributed by atoms with van der Waals surface area (Å²) < 4.78 is 11.3. The van der Waals surface area contributed by atoms with Crippen molar-refractivity contribution in [3.63, 3.8) is 0 Å². The average Bonchev–Trinajstić information content (AvgIpc) is 2.74. The van der Waals surface area contributed by atoms with Crippen molar-refractivity contribution in [3.8, 4) is 11.5 Å². The van der Waals surface area contributed by atoms with Gasteiger partial charge in [0.2, 0.25) is 0 Å². The Bertz CT molecular complexity index is 1080. The van der Waals surface area contributed by atoms with Crippen molar-refractivity contribution in [2.24, 2.45) is 0 Å². The van der Waals surface area contributed by atoms with Gasteiger partial charge >= 0.3 is 0 Å². The van der Waals surface area contributed by atoms with Gasteiger partial charge in [0.15, 0.2) is 16.6 Å². The number of thiocarbonyl (C=S) groups is 1. The summed E-state index contributed by atoms with van der Waals surface area (Å²) in [5.41, 5.74) is 1.91. The van der Waals surface area contributed by atoms with Crippen LogP contribution in [0.25, 0.3) is 6.08 Å². The number of methoxy groups -OCH3 is 1. The Morgan fingerprint density at radius 1 is 1.19 bits per heavy atom. The molecule has 1 fully saturated rings. The first-order valence-electron chi connectivity index (χ1n) is 9.77. The Kier molecular flexibility index (Phi) is 6.97. The summed E-state index contributed by atoms with van der Waals surface area (Å²) in [4.78, 5) is 26.9. The molecule has 1 heterocycles. The zero-order valence-corrected chi connectivity index (χ0v) is 19.3. The smallest absolute Gasteiger partial charge is 0.270 e. The van der Waals surface area contributed by atoms with E-state index in [9.17, 15) is 9.59 Å². The summed E-state index contributed by atoms with van der Waals surface area (Å²) >= 11 is 11.4. The molecule has 0 bridgehead atoms. The fraction of sp³-hybridized carbons (Fsp3) is 0.261. The fourth-order valence-electron chi connectivity index (χ4n) is 2.95. The van der Waals surface area contributed by atoms with Crippen LogP contribution in [0, 0.1) is 6.92 Å². The van der Waals surface area contributed by atoms with E-state index in [2.05, 4.69) is 5.32 Å². The van der Waals surface area contributed by atoms with E-state index in [0.29, 0.717) is 27.8 Å². The standard InChI is InChI=1S/C23H23ClN2O4S/c1-5-14(3)30-19-9-7-15(11-20(19)29-4)10-17-21(27)25-23(31)26(22(17)28)16-8-6-13(2)18(24)12-16/h6-12,14H,5H2,1-4H3,(H,25,27,31)/b17-10+/t14-/m0/s1. The first-order chi connectivity index (χ1) is 14.7. The molecule has 8 heteroatoms. The Labute approximate surface area is 191 Å². The molecule has 0 radical (unpaired) electrons. The molecule has 1 saturated heterocycles. The summed E-state index contributed by atoms with van der Waals surface area (Å²) in [5.74, 6) is 0.00228. The third-order valence-electron chi connectivity index (χ3n) is 4.92. The molecule has 2 aromatic rings. The summed E-state index contributed by atoms with van der Waals surface area (Å²) in [5, 5.41) is 3.07. The molecule has 0 unspecified atom stereocenters. The molecule has 31 heavy (non-hydrogen) atoms. The minimum atomic E-state index is -0.566. The number of nitrogens with zero attached hydrogens (tertiary/aromatic N) is 1. The Morgan fingerprint density at radius 3 is 2.58 bits per heavy atom. The lowest BCUT2D eigenvalue weighted by atomic mass is 10.1. The van der Waals surface area contributed by atoms with Gasteiger partial charge in [-0.05, 0) is 74.0 Å². The predicted octanol–water partition coefficient (Wildman–Crippen LogP) is 4.67. The van der Waals surface area contributed by atoms with Crippen molar-refractivity contribution in [3.05, 3.63) is 58.1 Å². The molecule has 0 aromatic heterocycles. The van der Waals surface area contributed by atoms with Crippen LogP contribution in [0.4, 0.5) is 5.69 Å². The van der Waals surface area contributed by atoms with Gasteiger partial charge in [0.05, 0.1) is 18.9 Å². The molecular formula is C23H23ClN2O4S. The summed E-state index contributed by atoms with van der Waals surface area (Å²) in [6, 6.07) is 10.4. The molecule has 6 nitrogen and oxygen atoms in total. The number of nitrogens with one attached hydrogen (secondary N) is 1. The first-order valence-corrected chi connectivity index (χ1v) is 10.6. The van der Waals surface area contributed by atoms with Crippen LogP contribution in [0.2, 0.25) is 5.02 Å². The monoisotopic (exact) mass is 458 g/mol. The van der Waals surface area contributed by atoms with E-state index in [0.717, 1.165) is 12.0 Å². The Morgan fingerprint density at radius 2 is 1.94 bits per heavy atom. The van der Waals surface area contributed by atoms with Crippen LogP contribution in [0.5, 0.6) is 11.5 Å². The maximum absolute atomic E-state index is 13.2. The second-order valence-electron chi connectivity index (χ2n) is 7.14. The Balaban J connectivity index is 1.97. The van der Waals surface area contributed by atoms with Crippen LogP contribution >= 0.6 is 23.8 Å². The number of hydrogen-bond acceptors (Lipinski definition) is 5. The van der Waals surface area contributed by atoms with Crippen LogP contribution in [-0.4, -0.2) is 30.1 Å². The van der Waals surface area contributed by atoms with Gasteiger partial charge in [-0.3, -0.25) is 19.8 Å². The number of amides is 2. The van der Waals surface area contributed by atoms with E-state index >= 15 is 0 Å². The van der Waals surface area contributed by atoms with E-state index < -0.39 is 11.8 Å². The zero-order valence-electron chi connectivity index (χ0n) is 17.7. The topological polar surface area (TPSA) is 67.9 Å². The third kappa shape index (κ3) is 4.89. The zero-order chi connectivity index (χ0) is 22.7. The fourth-order valence-corrected chi connectivity index (χ4v) is 3.41. The van der Waals surface area contributed by atoms with Crippen molar-refractivity contribution in [2.75, 3.05) is 12.0 Å². The van der Waals surface area contributed by atoms with Crippen molar-refractivity contribution < 1.29 is 19.1 Å². The number of halogens is 1. The SMILES string of the molecule is CC[C@H](C)Oc1ccc(/C=C2\C(=O)NC(=S)N(c3ccc(C)c(Cl)c3)C2=O)cc1OC. The number of ether oxygens (including phenoxy) is 2. The predicted molar refractivity (Wildman–Crippen MR) is 126 cm³/mol. The van der Waals surface area contributed by atoms with Crippen molar-refractivity contribution in [1.82, 2.24) is 5.32 Å². The lowest BCUT2D eigenvalue weighted by Gasteiger charge is -2.29. The van der Waals surface area contributed by atoms with Gasteiger partial charge in [-0.25, -0.2) is 0 Å². The molecule has 1 aliphatic rings. The number of benzene rings is 2. The first kappa shape index (κ1) is 22.8. The lowest BCUT2D eigenvalue weighted by Crippen LogP contribution is -2.54. The number of aryl methyl sites for hydroxylation is 1. The minimum Gasteiger partial charge on any atom is -0.493 e. The summed E-state index contributed by atoms with van der Waals surface area (Å²) in [6.45, 7) is 5.85. The minimum absolute atomic E-state index is 0.00181. The van der Waals surface area contributed by atoms with Gasteiger partial charge in [0, 0.05) is 5.02 Å².